The van der Waals surface area contributed by atoms with Crippen LogP contribution in [0.25, 0.3) is 0 Å². The second-order valence-electron chi connectivity index (χ2n) is 12.0. The molecule has 0 unspecified atom stereocenters. The van der Waals surface area contributed by atoms with Crippen molar-refractivity contribution in [2.24, 2.45) is 0 Å². The maximum atomic E-state index is 14.6. The normalized spacial score (nSPS) is 13.9. The Morgan fingerprint density at radius 3 is 2.23 bits per heavy atom. The number of amides is 2. The van der Waals surface area contributed by atoms with Gasteiger partial charge in [-0.05, 0) is 89.3 Å². The van der Waals surface area contributed by atoms with Gasteiger partial charge in [0.15, 0.2) is 0 Å². The standard InChI is InChI=1S/C37H39BrFN3O5S/c1-26-12-18-31(19-13-26)42(48(45,46)32-20-21-35(47-2)33(38)23-32)25-36(43)41(24-28-14-16-29(39)17-15-28)34(22-27-8-4-3-5-9-27)37(44)40-30-10-6-7-11-30/h3-5,8-9,12-21,23,30,34H,6-7,10-11,22,24-25H2,1-2H3,(H,40,44)/t34-/m1/s1. The van der Waals surface area contributed by atoms with Crippen LogP contribution in [0.2, 0.25) is 0 Å². The van der Waals surface area contributed by atoms with E-state index in [1.165, 1.54) is 42.3 Å². The van der Waals surface area contributed by atoms with Gasteiger partial charge in [0.2, 0.25) is 11.8 Å². The molecule has 0 aliphatic heterocycles. The Morgan fingerprint density at radius 1 is 0.938 bits per heavy atom. The van der Waals surface area contributed by atoms with Crippen molar-refractivity contribution in [1.82, 2.24) is 10.2 Å². The molecule has 0 spiro atoms. The summed E-state index contributed by atoms with van der Waals surface area (Å²) in [7, 11) is -2.81. The molecule has 1 aliphatic carbocycles. The molecule has 4 aromatic rings. The van der Waals surface area contributed by atoms with Crippen LogP contribution in [-0.2, 0) is 32.6 Å². The number of carbonyl (C=O) groups is 2. The van der Waals surface area contributed by atoms with Gasteiger partial charge >= 0.3 is 0 Å². The molecule has 4 aromatic carbocycles. The van der Waals surface area contributed by atoms with Gasteiger partial charge in [-0.25, -0.2) is 12.8 Å². The van der Waals surface area contributed by atoms with Crippen molar-refractivity contribution in [3.8, 4) is 5.75 Å². The zero-order chi connectivity index (χ0) is 34.3. The molecule has 8 nitrogen and oxygen atoms in total. The van der Waals surface area contributed by atoms with Crippen LogP contribution in [0.4, 0.5) is 10.1 Å². The molecule has 0 aromatic heterocycles. The lowest BCUT2D eigenvalue weighted by Gasteiger charge is -2.34. The van der Waals surface area contributed by atoms with Gasteiger partial charge in [0.1, 0.15) is 24.2 Å². The van der Waals surface area contributed by atoms with E-state index in [1.807, 2.05) is 37.3 Å². The summed E-state index contributed by atoms with van der Waals surface area (Å²) in [5.74, 6) is -0.878. The number of ether oxygens (including phenoxy) is 1. The number of aryl methyl sites for hydroxylation is 1. The van der Waals surface area contributed by atoms with Crippen LogP contribution in [0.3, 0.4) is 0 Å². The number of carbonyl (C=O) groups excluding carboxylic acids is 2. The minimum atomic E-state index is -4.29. The number of rotatable bonds is 13. The Balaban J connectivity index is 1.57. The molecule has 48 heavy (non-hydrogen) atoms. The summed E-state index contributed by atoms with van der Waals surface area (Å²) in [5.41, 5.74) is 2.64. The average Bonchev–Trinajstić information content (AvgIpc) is 3.60. The third-order valence-electron chi connectivity index (χ3n) is 8.55. The number of hydrogen-bond donors (Lipinski definition) is 1. The summed E-state index contributed by atoms with van der Waals surface area (Å²) in [6.07, 6.45) is 3.93. The summed E-state index contributed by atoms with van der Waals surface area (Å²) in [6, 6.07) is 25.4. The number of hydrogen-bond acceptors (Lipinski definition) is 5. The highest BCUT2D eigenvalue weighted by atomic mass is 79.9. The second-order valence-corrected chi connectivity index (χ2v) is 14.7. The monoisotopic (exact) mass is 735 g/mol. The Bertz CT molecular complexity index is 1820. The first-order chi connectivity index (χ1) is 23.0. The zero-order valence-corrected chi connectivity index (χ0v) is 29.3. The predicted octanol–water partition coefficient (Wildman–Crippen LogP) is 6.80. The fourth-order valence-corrected chi connectivity index (χ4v) is 8.02. The number of benzene rings is 4. The van der Waals surface area contributed by atoms with Gasteiger partial charge < -0.3 is 15.0 Å². The molecule has 0 saturated heterocycles. The molecular formula is C37H39BrFN3O5S. The molecule has 1 atom stereocenters. The third-order valence-corrected chi connectivity index (χ3v) is 10.9. The van der Waals surface area contributed by atoms with Gasteiger partial charge in [-0.1, -0.05) is 73.0 Å². The molecule has 0 radical (unpaired) electrons. The Kier molecular flexibility index (Phi) is 11.5. The lowest BCUT2D eigenvalue weighted by Crippen LogP contribution is -2.54. The molecule has 1 aliphatic rings. The Morgan fingerprint density at radius 2 is 1.60 bits per heavy atom. The molecule has 1 fully saturated rings. The Labute approximate surface area is 290 Å². The maximum Gasteiger partial charge on any atom is 0.264 e. The van der Waals surface area contributed by atoms with Gasteiger partial charge in [-0.3, -0.25) is 13.9 Å². The van der Waals surface area contributed by atoms with E-state index in [2.05, 4.69) is 21.2 Å². The minimum absolute atomic E-state index is 0.00324. The smallest absolute Gasteiger partial charge is 0.264 e. The van der Waals surface area contributed by atoms with Crippen molar-refractivity contribution in [2.75, 3.05) is 18.0 Å². The van der Waals surface area contributed by atoms with E-state index in [9.17, 15) is 22.4 Å². The minimum Gasteiger partial charge on any atom is -0.496 e. The van der Waals surface area contributed by atoms with Crippen molar-refractivity contribution in [3.05, 3.63) is 124 Å². The third kappa shape index (κ3) is 8.62. The van der Waals surface area contributed by atoms with Crippen molar-refractivity contribution in [1.29, 1.82) is 0 Å². The van der Waals surface area contributed by atoms with E-state index in [1.54, 1.807) is 36.4 Å². The van der Waals surface area contributed by atoms with Crippen LogP contribution < -0.4 is 14.4 Å². The molecule has 252 valence electrons. The molecule has 0 heterocycles. The number of nitrogens with one attached hydrogen (secondary N) is 1. The van der Waals surface area contributed by atoms with E-state index >= 15 is 0 Å². The maximum absolute atomic E-state index is 14.6. The van der Waals surface area contributed by atoms with Crippen molar-refractivity contribution < 1.29 is 27.1 Å². The number of anilines is 1. The van der Waals surface area contributed by atoms with E-state index in [4.69, 9.17) is 4.74 Å². The molecule has 2 amide bonds. The lowest BCUT2D eigenvalue weighted by molar-refractivity contribution is -0.140. The molecule has 5 rings (SSSR count). The summed E-state index contributed by atoms with van der Waals surface area (Å²) < 4.78 is 49.4. The molecular weight excluding hydrogens is 697 g/mol. The molecule has 1 saturated carbocycles. The number of methoxy groups -OCH3 is 1. The molecule has 11 heteroatoms. The highest BCUT2D eigenvalue weighted by Gasteiger charge is 2.35. The quantitative estimate of drug-likeness (QED) is 0.163. The largest absolute Gasteiger partial charge is 0.496 e. The average molecular weight is 737 g/mol. The topological polar surface area (TPSA) is 96.0 Å². The lowest BCUT2D eigenvalue weighted by atomic mass is 10.0. The van der Waals surface area contributed by atoms with Crippen LogP contribution in [0.1, 0.15) is 42.4 Å². The van der Waals surface area contributed by atoms with Gasteiger partial charge in [0.05, 0.1) is 22.2 Å². The fourth-order valence-electron chi connectivity index (χ4n) is 5.88. The van der Waals surface area contributed by atoms with Crippen LogP contribution in [0.15, 0.2) is 106 Å². The van der Waals surface area contributed by atoms with Crippen molar-refractivity contribution in [2.45, 2.75) is 62.6 Å². The molecule has 1 N–H and O–H groups in total. The number of nitrogens with zero attached hydrogens (tertiary/aromatic N) is 2. The van der Waals surface area contributed by atoms with Crippen molar-refractivity contribution >= 4 is 43.5 Å². The SMILES string of the molecule is COc1ccc(S(=O)(=O)N(CC(=O)N(Cc2ccc(F)cc2)[C@H](Cc2ccccc2)C(=O)NC2CCCC2)c2ccc(C)cc2)cc1Br. The van der Waals surface area contributed by atoms with Crippen LogP contribution >= 0.6 is 15.9 Å². The number of sulfonamides is 1. The van der Waals surface area contributed by atoms with Crippen LogP contribution in [0, 0.1) is 12.7 Å². The van der Waals surface area contributed by atoms with Crippen molar-refractivity contribution in [3.63, 3.8) is 0 Å². The first-order valence-corrected chi connectivity index (χ1v) is 18.1. The Hall–Kier alpha value is -4.22. The van der Waals surface area contributed by atoms with Gasteiger partial charge in [0, 0.05) is 19.0 Å². The van der Waals surface area contributed by atoms with Crippen LogP contribution in [0.5, 0.6) is 5.75 Å². The van der Waals surface area contributed by atoms with E-state index < -0.39 is 34.3 Å². The predicted molar refractivity (Wildman–Crippen MR) is 188 cm³/mol. The second kappa shape index (κ2) is 15.8. The summed E-state index contributed by atoms with van der Waals surface area (Å²) >= 11 is 3.38. The first kappa shape index (κ1) is 35.1. The van der Waals surface area contributed by atoms with Crippen LogP contribution in [-0.4, -0.2) is 50.9 Å². The highest BCUT2D eigenvalue weighted by molar-refractivity contribution is 9.10. The fraction of sp³-hybridized carbons (Fsp3) is 0.297. The van der Waals surface area contributed by atoms with Gasteiger partial charge in [-0.2, -0.15) is 0 Å². The highest BCUT2D eigenvalue weighted by Crippen LogP contribution is 2.31. The summed E-state index contributed by atoms with van der Waals surface area (Å²) in [5, 5.41) is 3.15. The number of halogens is 2. The molecule has 0 bridgehead atoms. The first-order valence-electron chi connectivity index (χ1n) is 15.9. The van der Waals surface area contributed by atoms with E-state index in [0.29, 0.717) is 15.8 Å². The summed E-state index contributed by atoms with van der Waals surface area (Å²) in [4.78, 5) is 30.1. The zero-order valence-electron chi connectivity index (χ0n) is 26.9. The van der Waals surface area contributed by atoms with E-state index in [0.717, 1.165) is 41.1 Å². The summed E-state index contributed by atoms with van der Waals surface area (Å²) in [6.45, 7) is 1.26. The van der Waals surface area contributed by atoms with Gasteiger partial charge in [-0.15, -0.1) is 0 Å². The van der Waals surface area contributed by atoms with E-state index in [-0.39, 0.29) is 35.5 Å². The van der Waals surface area contributed by atoms with Gasteiger partial charge in [0.25, 0.3) is 10.0 Å².